The van der Waals surface area contributed by atoms with Crippen LogP contribution in [0, 0.1) is 0 Å². The Morgan fingerprint density at radius 3 is 2.59 bits per heavy atom. The van der Waals surface area contributed by atoms with Gasteiger partial charge in [-0.15, -0.1) is 0 Å². The van der Waals surface area contributed by atoms with Crippen molar-refractivity contribution in [1.82, 2.24) is 5.32 Å². The van der Waals surface area contributed by atoms with Gasteiger partial charge in [0.25, 0.3) is 5.91 Å². The lowest BCUT2D eigenvalue weighted by molar-refractivity contribution is -0.141. The van der Waals surface area contributed by atoms with Crippen LogP contribution in [-0.4, -0.2) is 35.7 Å². The molecular weight excluding hydrogens is 222 g/mol. The maximum atomic E-state index is 11.4. The normalized spacial score (nSPS) is 19.4. The van der Waals surface area contributed by atoms with E-state index < -0.39 is 18.1 Å². The van der Waals surface area contributed by atoms with Crippen LogP contribution in [0.25, 0.3) is 0 Å². The molecule has 5 heteroatoms. The molecule has 2 rings (SSSR count). The van der Waals surface area contributed by atoms with Crippen LogP contribution in [0.2, 0.25) is 0 Å². The van der Waals surface area contributed by atoms with Gasteiger partial charge in [-0.05, 0) is 5.56 Å². The van der Waals surface area contributed by atoms with Crippen molar-refractivity contribution in [3.63, 3.8) is 0 Å². The first-order valence-electron chi connectivity index (χ1n) is 5.35. The Bertz CT molecular complexity index is 414. The Kier molecular flexibility index (Phi) is 3.39. The van der Waals surface area contributed by atoms with Crippen LogP contribution < -0.4 is 5.32 Å². The summed E-state index contributed by atoms with van der Waals surface area (Å²) in [7, 11) is 0. The lowest BCUT2D eigenvalue weighted by Gasteiger charge is -2.13. The average molecular weight is 235 g/mol. The molecular formula is C12H13NO4. The number of ether oxygens (including phenoxy) is 1. The van der Waals surface area contributed by atoms with Crippen molar-refractivity contribution >= 4 is 11.9 Å². The van der Waals surface area contributed by atoms with Crippen LogP contribution in [0.1, 0.15) is 5.56 Å². The fourth-order valence-electron chi connectivity index (χ4n) is 1.51. The van der Waals surface area contributed by atoms with Gasteiger partial charge < -0.3 is 15.2 Å². The first-order valence-corrected chi connectivity index (χ1v) is 5.35. The number of aliphatic carboxylic acids is 1. The second-order valence-corrected chi connectivity index (χ2v) is 3.91. The van der Waals surface area contributed by atoms with Crippen molar-refractivity contribution in [1.29, 1.82) is 0 Å². The molecule has 0 unspecified atom stereocenters. The standard InChI is InChI=1S/C12H13NO4/c14-11(10-7-17-10)13-9(12(15)16)6-8-4-2-1-3-5-8/h1-5,9-10H,6-7H2,(H,13,14)(H,15,16)/t9-,10-/m0/s1. The monoisotopic (exact) mass is 235 g/mol. The number of carboxylic acids is 1. The third-order valence-electron chi connectivity index (χ3n) is 2.52. The van der Waals surface area contributed by atoms with E-state index in [2.05, 4.69) is 5.32 Å². The first kappa shape index (κ1) is 11.6. The highest BCUT2D eigenvalue weighted by atomic mass is 16.6. The molecule has 1 saturated heterocycles. The smallest absolute Gasteiger partial charge is 0.326 e. The van der Waals surface area contributed by atoms with Gasteiger partial charge in [-0.25, -0.2) is 4.79 Å². The van der Waals surface area contributed by atoms with E-state index in [4.69, 9.17) is 9.84 Å². The summed E-state index contributed by atoms with van der Waals surface area (Å²) in [5, 5.41) is 11.5. The van der Waals surface area contributed by atoms with Crippen LogP contribution in [-0.2, 0) is 20.7 Å². The van der Waals surface area contributed by atoms with Gasteiger partial charge >= 0.3 is 5.97 Å². The topological polar surface area (TPSA) is 78.9 Å². The van der Waals surface area contributed by atoms with E-state index in [-0.39, 0.29) is 12.3 Å². The van der Waals surface area contributed by atoms with E-state index in [0.29, 0.717) is 6.61 Å². The largest absolute Gasteiger partial charge is 0.480 e. The molecule has 1 aliphatic heterocycles. The highest BCUT2D eigenvalue weighted by Gasteiger charge is 2.33. The van der Waals surface area contributed by atoms with Crippen molar-refractivity contribution in [2.45, 2.75) is 18.6 Å². The Labute approximate surface area is 98.4 Å². The lowest BCUT2D eigenvalue weighted by atomic mass is 10.1. The fourth-order valence-corrected chi connectivity index (χ4v) is 1.51. The minimum atomic E-state index is -1.04. The summed E-state index contributed by atoms with van der Waals surface area (Å²) < 4.78 is 4.80. The molecule has 17 heavy (non-hydrogen) atoms. The highest BCUT2D eigenvalue weighted by Crippen LogP contribution is 2.10. The van der Waals surface area contributed by atoms with Crippen molar-refractivity contribution in [2.24, 2.45) is 0 Å². The number of carbonyl (C=O) groups excluding carboxylic acids is 1. The summed E-state index contributed by atoms with van der Waals surface area (Å²) in [6.45, 7) is 0.378. The van der Waals surface area contributed by atoms with Crippen molar-refractivity contribution in [3.05, 3.63) is 35.9 Å². The molecule has 0 bridgehead atoms. The zero-order valence-corrected chi connectivity index (χ0v) is 9.13. The lowest BCUT2D eigenvalue weighted by Crippen LogP contribution is -2.44. The van der Waals surface area contributed by atoms with Crippen molar-refractivity contribution in [2.75, 3.05) is 6.61 Å². The van der Waals surface area contributed by atoms with Gasteiger partial charge in [0.05, 0.1) is 6.61 Å². The van der Waals surface area contributed by atoms with Gasteiger partial charge in [0, 0.05) is 6.42 Å². The van der Waals surface area contributed by atoms with Gasteiger partial charge in [0.15, 0.2) is 6.10 Å². The van der Waals surface area contributed by atoms with E-state index >= 15 is 0 Å². The molecule has 1 heterocycles. The van der Waals surface area contributed by atoms with E-state index in [0.717, 1.165) is 5.56 Å². The van der Waals surface area contributed by atoms with E-state index in [9.17, 15) is 9.59 Å². The predicted molar refractivity (Wildman–Crippen MR) is 59.5 cm³/mol. The molecule has 1 aliphatic rings. The Morgan fingerprint density at radius 1 is 1.41 bits per heavy atom. The van der Waals surface area contributed by atoms with Crippen LogP contribution in [0.15, 0.2) is 30.3 Å². The maximum absolute atomic E-state index is 11.4. The molecule has 0 radical (unpaired) electrons. The maximum Gasteiger partial charge on any atom is 0.326 e. The molecule has 0 aliphatic carbocycles. The number of hydrogen-bond donors (Lipinski definition) is 2. The molecule has 0 aromatic heterocycles. The third kappa shape index (κ3) is 3.29. The zero-order chi connectivity index (χ0) is 12.3. The average Bonchev–Trinajstić information content (AvgIpc) is 3.13. The van der Waals surface area contributed by atoms with Crippen molar-refractivity contribution < 1.29 is 19.4 Å². The molecule has 0 spiro atoms. The summed E-state index contributed by atoms with van der Waals surface area (Å²) in [4.78, 5) is 22.4. The Morgan fingerprint density at radius 2 is 2.06 bits per heavy atom. The second-order valence-electron chi connectivity index (χ2n) is 3.91. The number of carboxylic acid groups (broad SMARTS) is 1. The molecule has 1 amide bonds. The number of benzene rings is 1. The molecule has 1 aromatic rings. The summed E-state index contributed by atoms with van der Waals surface area (Å²) in [5.74, 6) is -1.39. The van der Waals surface area contributed by atoms with Gasteiger partial charge in [-0.3, -0.25) is 4.79 Å². The molecule has 90 valence electrons. The number of nitrogens with one attached hydrogen (secondary N) is 1. The van der Waals surface area contributed by atoms with Crippen LogP contribution in [0.3, 0.4) is 0 Å². The fraction of sp³-hybridized carbons (Fsp3) is 0.333. The van der Waals surface area contributed by atoms with Gasteiger partial charge in [-0.1, -0.05) is 30.3 Å². The second kappa shape index (κ2) is 4.97. The minimum absolute atomic E-state index is 0.272. The van der Waals surface area contributed by atoms with Crippen LogP contribution in [0.4, 0.5) is 0 Å². The van der Waals surface area contributed by atoms with E-state index in [1.54, 1.807) is 0 Å². The Hall–Kier alpha value is -1.88. The third-order valence-corrected chi connectivity index (χ3v) is 2.52. The SMILES string of the molecule is O=C(O)[C@H](Cc1ccccc1)NC(=O)[C@@H]1CO1. The number of rotatable bonds is 5. The van der Waals surface area contributed by atoms with Crippen molar-refractivity contribution in [3.8, 4) is 0 Å². The zero-order valence-electron chi connectivity index (χ0n) is 9.13. The molecule has 5 nitrogen and oxygen atoms in total. The number of carbonyl (C=O) groups is 2. The number of epoxide rings is 1. The van der Waals surface area contributed by atoms with Crippen LogP contribution >= 0.6 is 0 Å². The first-order chi connectivity index (χ1) is 8.16. The summed E-state index contributed by atoms with van der Waals surface area (Å²) in [6, 6.07) is 8.27. The number of hydrogen-bond acceptors (Lipinski definition) is 3. The predicted octanol–water partition coefficient (Wildman–Crippen LogP) is 0.197. The Balaban J connectivity index is 1.97. The molecule has 1 aromatic carbocycles. The van der Waals surface area contributed by atoms with Gasteiger partial charge in [-0.2, -0.15) is 0 Å². The number of amides is 1. The van der Waals surface area contributed by atoms with Gasteiger partial charge in [0.2, 0.25) is 0 Å². The molecule has 0 saturated carbocycles. The highest BCUT2D eigenvalue weighted by molar-refractivity contribution is 5.87. The van der Waals surface area contributed by atoms with Crippen LogP contribution in [0.5, 0.6) is 0 Å². The minimum Gasteiger partial charge on any atom is -0.480 e. The van der Waals surface area contributed by atoms with Gasteiger partial charge in [0.1, 0.15) is 6.04 Å². The summed E-state index contributed by atoms with van der Waals surface area (Å²) in [5.41, 5.74) is 0.872. The molecule has 1 fully saturated rings. The van der Waals surface area contributed by atoms with E-state index in [1.165, 1.54) is 0 Å². The molecule has 2 atom stereocenters. The summed E-state index contributed by atoms with van der Waals surface area (Å²) >= 11 is 0. The molecule has 2 N–H and O–H groups in total. The summed E-state index contributed by atoms with van der Waals surface area (Å²) in [6.07, 6.45) is -0.193. The quantitative estimate of drug-likeness (QED) is 0.714. The van der Waals surface area contributed by atoms with E-state index in [1.807, 2.05) is 30.3 Å².